The van der Waals surface area contributed by atoms with E-state index in [-0.39, 0.29) is 0 Å². The summed E-state index contributed by atoms with van der Waals surface area (Å²) in [6, 6.07) is 2.35. The number of aromatic nitrogens is 1. The molecule has 2 aromatic rings. The first-order valence-electron chi connectivity index (χ1n) is 4.34. The van der Waals surface area contributed by atoms with Gasteiger partial charge in [0.25, 0.3) is 0 Å². The number of carbonyl (C=O) groups is 1. The molecule has 0 aliphatic heterocycles. The van der Waals surface area contributed by atoms with Gasteiger partial charge in [0.15, 0.2) is 0 Å². The number of carboxylic acid groups (broad SMARTS) is 1. The van der Waals surface area contributed by atoms with Crippen molar-refractivity contribution in [1.82, 2.24) is 5.16 Å². The van der Waals surface area contributed by atoms with Gasteiger partial charge in [-0.25, -0.2) is 13.6 Å². The zero-order chi connectivity index (χ0) is 12.6. The summed E-state index contributed by atoms with van der Waals surface area (Å²) in [6.45, 7) is 0. The zero-order valence-corrected chi connectivity index (χ0v) is 8.08. The fourth-order valence-electron chi connectivity index (χ4n) is 1.25. The van der Waals surface area contributed by atoms with Crippen molar-refractivity contribution in [3.05, 3.63) is 41.3 Å². The molecule has 4 nitrogen and oxygen atoms in total. The Kier molecular flexibility index (Phi) is 2.58. The lowest BCUT2D eigenvalue weighted by Gasteiger charge is -1.98. The minimum atomic E-state index is -1.64. The van der Waals surface area contributed by atoms with Crippen LogP contribution in [0.1, 0.15) is 10.5 Å². The Labute approximate surface area is 92.3 Å². The fourth-order valence-corrected chi connectivity index (χ4v) is 1.25. The maximum atomic E-state index is 13.5. The van der Waals surface area contributed by atoms with E-state index in [9.17, 15) is 18.0 Å². The maximum absolute atomic E-state index is 13.5. The van der Waals surface area contributed by atoms with Crippen LogP contribution < -0.4 is 0 Å². The Bertz CT molecular complexity index is 594. The predicted molar refractivity (Wildman–Crippen MR) is 48.8 cm³/mol. The number of rotatable bonds is 2. The molecule has 0 atom stereocenters. The van der Waals surface area contributed by atoms with Gasteiger partial charge < -0.3 is 9.63 Å². The van der Waals surface area contributed by atoms with Crippen LogP contribution in [0.25, 0.3) is 11.3 Å². The molecule has 0 unspecified atom stereocenters. The van der Waals surface area contributed by atoms with Crippen LogP contribution in [0, 0.1) is 17.5 Å². The highest BCUT2D eigenvalue weighted by Gasteiger charge is 2.24. The highest BCUT2D eigenvalue weighted by atomic mass is 19.1. The summed E-state index contributed by atoms with van der Waals surface area (Å²) in [7, 11) is 0. The predicted octanol–water partition coefficient (Wildman–Crippen LogP) is 2.46. The molecule has 0 aliphatic rings. The highest BCUT2D eigenvalue weighted by molar-refractivity contribution is 5.87. The summed E-state index contributed by atoms with van der Waals surface area (Å²) in [4.78, 5) is 10.5. The minimum Gasteiger partial charge on any atom is -0.476 e. The average molecular weight is 243 g/mol. The second kappa shape index (κ2) is 3.93. The van der Waals surface area contributed by atoms with Crippen LogP contribution in [0.2, 0.25) is 0 Å². The van der Waals surface area contributed by atoms with Crippen molar-refractivity contribution >= 4 is 5.97 Å². The fraction of sp³-hybridized carbons (Fsp3) is 0. The molecule has 0 spiro atoms. The smallest absolute Gasteiger partial charge is 0.361 e. The molecule has 17 heavy (non-hydrogen) atoms. The van der Waals surface area contributed by atoms with Gasteiger partial charge in [-0.05, 0) is 12.1 Å². The first-order valence-corrected chi connectivity index (χ1v) is 4.34. The number of hydrogen-bond donors (Lipinski definition) is 1. The summed E-state index contributed by atoms with van der Waals surface area (Å²) < 4.78 is 43.8. The number of nitrogens with zero attached hydrogens (tertiary/aromatic N) is 1. The van der Waals surface area contributed by atoms with Crippen LogP contribution in [-0.2, 0) is 0 Å². The standard InChI is InChI=1S/C10H4F3NO3/c11-4-1-2-5(6(12)3-4)9-7(13)8(10(15)16)14-17-9/h1-3H,(H,15,16). The summed E-state index contributed by atoms with van der Waals surface area (Å²) in [6.07, 6.45) is 0. The molecule has 1 N–H and O–H groups in total. The maximum Gasteiger partial charge on any atom is 0.361 e. The molecule has 0 fully saturated rings. The summed E-state index contributed by atoms with van der Waals surface area (Å²) in [5.74, 6) is -5.54. The van der Waals surface area contributed by atoms with E-state index in [1.165, 1.54) is 0 Å². The van der Waals surface area contributed by atoms with Crippen LogP contribution >= 0.6 is 0 Å². The summed E-state index contributed by atoms with van der Waals surface area (Å²) in [5.41, 5.74) is -1.35. The quantitative estimate of drug-likeness (QED) is 0.879. The van der Waals surface area contributed by atoms with Gasteiger partial charge in [-0.3, -0.25) is 0 Å². The van der Waals surface area contributed by atoms with Crippen LogP contribution in [0.4, 0.5) is 13.2 Å². The Morgan fingerprint density at radius 3 is 2.53 bits per heavy atom. The number of aromatic carboxylic acids is 1. The second-order valence-corrected chi connectivity index (χ2v) is 3.10. The van der Waals surface area contributed by atoms with Crippen molar-refractivity contribution in [2.45, 2.75) is 0 Å². The SMILES string of the molecule is O=C(O)c1noc(-c2ccc(F)cc2F)c1F. The van der Waals surface area contributed by atoms with Crippen molar-refractivity contribution in [3.8, 4) is 11.3 Å². The van der Waals surface area contributed by atoms with Crippen LogP contribution in [0.15, 0.2) is 22.7 Å². The van der Waals surface area contributed by atoms with Crippen molar-refractivity contribution < 1.29 is 27.6 Å². The molecule has 0 saturated heterocycles. The molecule has 2 rings (SSSR count). The van der Waals surface area contributed by atoms with Crippen LogP contribution in [0.5, 0.6) is 0 Å². The Hall–Kier alpha value is -2.31. The van der Waals surface area contributed by atoms with E-state index in [0.29, 0.717) is 6.07 Å². The van der Waals surface area contributed by atoms with Gasteiger partial charge in [0.2, 0.25) is 17.3 Å². The van der Waals surface area contributed by atoms with Gasteiger partial charge >= 0.3 is 5.97 Å². The Balaban J connectivity index is 2.57. The third kappa shape index (κ3) is 1.86. The number of hydrogen-bond acceptors (Lipinski definition) is 3. The first kappa shape index (κ1) is 11.2. The van der Waals surface area contributed by atoms with Gasteiger partial charge in [0.1, 0.15) is 11.6 Å². The van der Waals surface area contributed by atoms with Crippen molar-refractivity contribution in [1.29, 1.82) is 0 Å². The molecule has 1 aromatic heterocycles. The second-order valence-electron chi connectivity index (χ2n) is 3.10. The van der Waals surface area contributed by atoms with Gasteiger partial charge in [-0.2, -0.15) is 4.39 Å². The molecular weight excluding hydrogens is 239 g/mol. The van der Waals surface area contributed by atoms with E-state index >= 15 is 0 Å². The molecule has 1 heterocycles. The molecule has 0 saturated carbocycles. The van der Waals surface area contributed by atoms with Gasteiger partial charge in [0.05, 0.1) is 5.56 Å². The molecule has 0 radical (unpaired) electrons. The zero-order valence-electron chi connectivity index (χ0n) is 8.08. The van der Waals surface area contributed by atoms with Gasteiger partial charge in [0, 0.05) is 6.07 Å². The monoisotopic (exact) mass is 243 g/mol. The lowest BCUT2D eigenvalue weighted by molar-refractivity contribution is 0.0681. The van der Waals surface area contributed by atoms with Gasteiger partial charge in [-0.15, -0.1) is 0 Å². The van der Waals surface area contributed by atoms with Crippen molar-refractivity contribution in [2.75, 3.05) is 0 Å². The van der Waals surface area contributed by atoms with Crippen molar-refractivity contribution in [3.63, 3.8) is 0 Å². The van der Waals surface area contributed by atoms with E-state index < -0.39 is 40.4 Å². The lowest BCUT2D eigenvalue weighted by atomic mass is 10.1. The van der Waals surface area contributed by atoms with E-state index in [0.717, 1.165) is 12.1 Å². The van der Waals surface area contributed by atoms with Gasteiger partial charge in [-0.1, -0.05) is 5.16 Å². The Morgan fingerprint density at radius 1 is 1.29 bits per heavy atom. The third-order valence-corrected chi connectivity index (χ3v) is 2.01. The normalized spacial score (nSPS) is 10.5. The van der Waals surface area contributed by atoms with Crippen LogP contribution in [0.3, 0.4) is 0 Å². The summed E-state index contributed by atoms with van der Waals surface area (Å²) >= 11 is 0. The van der Waals surface area contributed by atoms with E-state index in [2.05, 4.69) is 9.68 Å². The molecule has 0 aliphatic carbocycles. The summed E-state index contributed by atoms with van der Waals surface area (Å²) in [5, 5.41) is 11.5. The molecule has 0 amide bonds. The third-order valence-electron chi connectivity index (χ3n) is 2.01. The molecular formula is C10H4F3NO3. The van der Waals surface area contributed by atoms with E-state index in [1.54, 1.807) is 0 Å². The number of benzene rings is 1. The lowest BCUT2D eigenvalue weighted by Crippen LogP contribution is -1.99. The highest BCUT2D eigenvalue weighted by Crippen LogP contribution is 2.27. The van der Waals surface area contributed by atoms with Crippen LogP contribution in [-0.4, -0.2) is 16.2 Å². The molecule has 1 aromatic carbocycles. The average Bonchev–Trinajstić information content (AvgIpc) is 2.60. The molecule has 7 heteroatoms. The van der Waals surface area contributed by atoms with E-state index in [1.807, 2.05) is 0 Å². The topological polar surface area (TPSA) is 63.3 Å². The van der Waals surface area contributed by atoms with Crippen molar-refractivity contribution in [2.24, 2.45) is 0 Å². The molecule has 88 valence electrons. The minimum absolute atomic E-state index is 0.399. The largest absolute Gasteiger partial charge is 0.476 e. The van der Waals surface area contributed by atoms with E-state index in [4.69, 9.17) is 5.11 Å². The first-order chi connectivity index (χ1) is 8.00. The number of carboxylic acids is 1. The Morgan fingerprint density at radius 2 is 2.00 bits per heavy atom. The number of halogens is 3. The molecule has 0 bridgehead atoms.